The number of nitro groups is 1. The summed E-state index contributed by atoms with van der Waals surface area (Å²) < 4.78 is 0. The Morgan fingerprint density at radius 3 is 2.45 bits per heavy atom. The van der Waals surface area contributed by atoms with E-state index in [1.807, 2.05) is 0 Å². The normalized spacial score (nSPS) is 11.5. The Labute approximate surface area is 189 Å². The van der Waals surface area contributed by atoms with Gasteiger partial charge in [-0.15, -0.1) is 0 Å². The smallest absolute Gasteiger partial charge is 0.310 e. The zero-order valence-corrected chi connectivity index (χ0v) is 17.8. The van der Waals surface area contributed by atoms with E-state index in [0.29, 0.717) is 16.8 Å². The lowest BCUT2D eigenvalue weighted by Gasteiger charge is -2.22. The van der Waals surface area contributed by atoms with Gasteiger partial charge in [-0.25, -0.2) is 0 Å². The maximum Gasteiger partial charge on any atom is 0.310 e. The van der Waals surface area contributed by atoms with E-state index >= 15 is 0 Å². The van der Waals surface area contributed by atoms with Crippen LogP contribution in [0.1, 0.15) is 27.5 Å². The summed E-state index contributed by atoms with van der Waals surface area (Å²) in [6.45, 7) is 0.210. The standard InChI is InChI=1S/C23H23N5O5/c1-27(22(30)13-15-2-7-21(29)20(12-15)28(32)33)14-19(24)16-3-5-17(6-4-16)23(31)26-18-8-10-25-11-9-18/h2-12,19,29H,13-14,24H2,1H3,(H,25,26,31). The molecule has 0 radical (unpaired) electrons. The fraction of sp³-hybridized carbons (Fsp3) is 0.174. The molecule has 3 aromatic rings. The van der Waals surface area contributed by atoms with E-state index in [4.69, 9.17) is 5.73 Å². The second kappa shape index (κ2) is 10.3. The number of carbonyl (C=O) groups excluding carboxylic acids is 2. The van der Waals surface area contributed by atoms with Gasteiger partial charge in [0.15, 0.2) is 5.75 Å². The van der Waals surface area contributed by atoms with Crippen molar-refractivity contribution in [2.24, 2.45) is 5.73 Å². The number of nitrogens with two attached hydrogens (primary N) is 1. The summed E-state index contributed by atoms with van der Waals surface area (Å²) in [7, 11) is 1.59. The first kappa shape index (κ1) is 23.4. The second-order valence-electron chi connectivity index (χ2n) is 7.45. The summed E-state index contributed by atoms with van der Waals surface area (Å²) >= 11 is 0. The number of phenolic OH excluding ortho intramolecular Hbond substituents is 1. The Bertz CT molecular complexity index is 1150. The number of amides is 2. The van der Waals surface area contributed by atoms with Crippen molar-refractivity contribution in [1.29, 1.82) is 0 Å². The van der Waals surface area contributed by atoms with Gasteiger partial charge in [0.05, 0.1) is 11.3 Å². The third-order valence-corrected chi connectivity index (χ3v) is 5.03. The number of hydrogen-bond acceptors (Lipinski definition) is 7. The largest absolute Gasteiger partial charge is 0.502 e. The van der Waals surface area contributed by atoms with Crippen molar-refractivity contribution in [3.05, 3.63) is 93.8 Å². The summed E-state index contributed by atoms with van der Waals surface area (Å²) in [4.78, 5) is 40.5. The minimum absolute atomic E-state index is 0.0710. The second-order valence-corrected chi connectivity index (χ2v) is 7.45. The molecule has 0 saturated heterocycles. The topological polar surface area (TPSA) is 152 Å². The number of hydrogen-bond donors (Lipinski definition) is 3. The molecule has 0 aliphatic rings. The maximum atomic E-state index is 12.5. The average molecular weight is 449 g/mol. The van der Waals surface area contributed by atoms with Crippen LogP contribution >= 0.6 is 0 Å². The molecule has 0 bridgehead atoms. The van der Waals surface area contributed by atoms with Crippen LogP contribution in [-0.2, 0) is 11.2 Å². The molecule has 2 aromatic carbocycles. The number of aromatic hydroxyl groups is 1. The number of benzene rings is 2. The number of nitrogens with zero attached hydrogens (tertiary/aromatic N) is 3. The van der Waals surface area contributed by atoms with Crippen molar-refractivity contribution in [3.8, 4) is 5.75 Å². The van der Waals surface area contributed by atoms with Gasteiger partial charge >= 0.3 is 5.69 Å². The summed E-state index contributed by atoms with van der Waals surface area (Å²) in [5.41, 5.74) is 8.04. The first-order valence-corrected chi connectivity index (χ1v) is 10.0. The van der Waals surface area contributed by atoms with Crippen molar-refractivity contribution in [3.63, 3.8) is 0 Å². The predicted octanol–water partition coefficient (Wildman–Crippen LogP) is 2.65. The molecule has 10 nitrogen and oxygen atoms in total. The molecular formula is C23H23N5O5. The highest BCUT2D eigenvalue weighted by atomic mass is 16.6. The van der Waals surface area contributed by atoms with Gasteiger partial charge in [-0.05, 0) is 41.5 Å². The van der Waals surface area contributed by atoms with Gasteiger partial charge in [0.2, 0.25) is 5.91 Å². The molecule has 3 rings (SSSR count). The third kappa shape index (κ3) is 6.11. The first-order valence-electron chi connectivity index (χ1n) is 10.0. The van der Waals surface area contributed by atoms with Crippen LogP contribution in [0.2, 0.25) is 0 Å². The number of nitro benzene ring substituents is 1. The van der Waals surface area contributed by atoms with Crippen LogP contribution in [-0.4, -0.2) is 45.3 Å². The van der Waals surface area contributed by atoms with Crippen LogP contribution < -0.4 is 11.1 Å². The number of anilines is 1. The molecule has 1 atom stereocenters. The lowest BCUT2D eigenvalue weighted by molar-refractivity contribution is -0.385. The number of phenols is 1. The Kier molecular flexibility index (Phi) is 7.31. The highest BCUT2D eigenvalue weighted by Crippen LogP contribution is 2.26. The molecule has 170 valence electrons. The van der Waals surface area contributed by atoms with Crippen LogP contribution in [0.25, 0.3) is 0 Å². The minimum Gasteiger partial charge on any atom is -0.502 e. The van der Waals surface area contributed by atoms with E-state index in [9.17, 15) is 24.8 Å². The molecule has 33 heavy (non-hydrogen) atoms. The molecule has 0 aliphatic heterocycles. The van der Waals surface area contributed by atoms with Crippen LogP contribution in [0.4, 0.5) is 11.4 Å². The Balaban J connectivity index is 1.58. The fourth-order valence-electron chi connectivity index (χ4n) is 3.16. The zero-order valence-electron chi connectivity index (χ0n) is 17.8. The number of aromatic nitrogens is 1. The molecule has 1 aromatic heterocycles. The number of carbonyl (C=O) groups is 2. The van der Waals surface area contributed by atoms with Crippen molar-refractivity contribution in [2.75, 3.05) is 18.9 Å². The van der Waals surface area contributed by atoms with Crippen LogP contribution in [0.5, 0.6) is 5.75 Å². The van der Waals surface area contributed by atoms with Crippen molar-refractivity contribution >= 4 is 23.2 Å². The van der Waals surface area contributed by atoms with Gasteiger partial charge in [0, 0.05) is 49.3 Å². The molecule has 0 saturated carbocycles. The Morgan fingerprint density at radius 1 is 1.15 bits per heavy atom. The summed E-state index contributed by atoms with van der Waals surface area (Å²) in [6, 6.07) is 13.5. The Hall–Kier alpha value is -4.31. The lowest BCUT2D eigenvalue weighted by atomic mass is 10.0. The number of pyridine rings is 1. The van der Waals surface area contributed by atoms with Gasteiger partial charge in [0.25, 0.3) is 5.91 Å². The van der Waals surface area contributed by atoms with Crippen LogP contribution in [0.15, 0.2) is 67.0 Å². The maximum absolute atomic E-state index is 12.5. The molecule has 1 unspecified atom stereocenters. The summed E-state index contributed by atoms with van der Waals surface area (Å²) in [5.74, 6) is -1.00. The molecule has 10 heteroatoms. The van der Waals surface area contributed by atoms with E-state index in [1.165, 1.54) is 23.1 Å². The highest BCUT2D eigenvalue weighted by Gasteiger charge is 2.18. The lowest BCUT2D eigenvalue weighted by Crippen LogP contribution is -2.35. The predicted molar refractivity (Wildman–Crippen MR) is 122 cm³/mol. The molecule has 4 N–H and O–H groups in total. The van der Waals surface area contributed by atoms with Crippen molar-refractivity contribution < 1.29 is 19.6 Å². The number of likely N-dealkylation sites (N-methyl/N-ethyl adjacent to an activating group) is 1. The zero-order chi connectivity index (χ0) is 24.0. The SMILES string of the molecule is CN(CC(N)c1ccc(C(=O)Nc2ccncc2)cc1)C(=O)Cc1ccc(O)c([N+](=O)[O-])c1. The highest BCUT2D eigenvalue weighted by molar-refractivity contribution is 6.04. The molecule has 2 amide bonds. The van der Waals surface area contributed by atoms with Gasteiger partial charge in [-0.3, -0.25) is 24.7 Å². The van der Waals surface area contributed by atoms with Crippen LogP contribution in [0.3, 0.4) is 0 Å². The van der Waals surface area contributed by atoms with Crippen molar-refractivity contribution in [2.45, 2.75) is 12.5 Å². The molecule has 1 heterocycles. The molecule has 0 fully saturated rings. The van der Waals surface area contributed by atoms with Crippen molar-refractivity contribution in [1.82, 2.24) is 9.88 Å². The third-order valence-electron chi connectivity index (χ3n) is 5.03. The van der Waals surface area contributed by atoms with Gasteiger partial charge in [-0.1, -0.05) is 18.2 Å². The fourth-order valence-corrected chi connectivity index (χ4v) is 3.16. The van der Waals surface area contributed by atoms with Gasteiger partial charge < -0.3 is 21.1 Å². The minimum atomic E-state index is -0.704. The summed E-state index contributed by atoms with van der Waals surface area (Å²) in [5, 5.41) is 23.3. The monoisotopic (exact) mass is 449 g/mol. The van der Waals surface area contributed by atoms with Crippen LogP contribution in [0, 0.1) is 10.1 Å². The Morgan fingerprint density at radius 2 is 1.82 bits per heavy atom. The van der Waals surface area contributed by atoms with E-state index in [1.54, 1.807) is 55.8 Å². The first-order chi connectivity index (χ1) is 15.7. The van der Waals surface area contributed by atoms with Gasteiger partial charge in [0.1, 0.15) is 0 Å². The average Bonchev–Trinajstić information content (AvgIpc) is 2.80. The van der Waals surface area contributed by atoms with E-state index in [0.717, 1.165) is 5.56 Å². The summed E-state index contributed by atoms with van der Waals surface area (Å²) in [6.07, 6.45) is 3.09. The quantitative estimate of drug-likeness (QED) is 0.353. The number of rotatable bonds is 8. The number of nitrogens with one attached hydrogen (secondary N) is 1. The molecular weight excluding hydrogens is 426 g/mol. The molecule has 0 aliphatic carbocycles. The van der Waals surface area contributed by atoms with E-state index in [-0.39, 0.29) is 24.8 Å². The van der Waals surface area contributed by atoms with E-state index < -0.39 is 22.4 Å². The molecule has 0 spiro atoms. The van der Waals surface area contributed by atoms with Gasteiger partial charge in [-0.2, -0.15) is 0 Å². The van der Waals surface area contributed by atoms with E-state index in [2.05, 4.69) is 10.3 Å².